The Morgan fingerprint density at radius 3 is 2.47 bits per heavy atom. The predicted molar refractivity (Wildman–Crippen MR) is 149 cm³/mol. The first-order valence-corrected chi connectivity index (χ1v) is 15.3. The average molecular weight is 636 g/mol. The van der Waals surface area contributed by atoms with E-state index in [1.54, 1.807) is 18.3 Å². The van der Waals surface area contributed by atoms with E-state index in [-0.39, 0.29) is 25.1 Å². The maximum Gasteiger partial charge on any atom is 0.573 e. The van der Waals surface area contributed by atoms with Crippen molar-refractivity contribution in [3.63, 3.8) is 0 Å². The molecule has 2 aromatic heterocycles. The molecule has 2 aromatic carbocycles. The molecule has 1 fully saturated rings. The van der Waals surface area contributed by atoms with Gasteiger partial charge in [-0.3, -0.25) is 14.8 Å². The molecule has 2 amide bonds. The highest BCUT2D eigenvalue weighted by Gasteiger charge is 2.50. The summed E-state index contributed by atoms with van der Waals surface area (Å²) in [6.45, 7) is -0.526. The van der Waals surface area contributed by atoms with Crippen LogP contribution in [0, 0.1) is 0 Å². The van der Waals surface area contributed by atoms with E-state index in [1.165, 1.54) is 24.0 Å². The largest absolute Gasteiger partial charge is 0.573 e. The smallest absolute Gasteiger partial charge is 0.444 e. The van der Waals surface area contributed by atoms with Gasteiger partial charge in [0.1, 0.15) is 10.5 Å². The third-order valence-corrected chi connectivity index (χ3v) is 11.1. The number of amides is 2. The number of alkyl halides is 3. The number of hydrogen-bond donors (Lipinski definition) is 2. The van der Waals surface area contributed by atoms with Crippen LogP contribution < -0.4 is 10.2 Å². The lowest BCUT2D eigenvalue weighted by Gasteiger charge is -2.30. The highest BCUT2D eigenvalue weighted by molar-refractivity contribution is 7.92. The molecule has 0 aliphatic carbocycles. The van der Waals surface area contributed by atoms with E-state index in [4.69, 9.17) is 4.42 Å². The van der Waals surface area contributed by atoms with Gasteiger partial charge in [0.25, 0.3) is 5.91 Å². The van der Waals surface area contributed by atoms with E-state index in [2.05, 4.69) is 9.72 Å². The van der Waals surface area contributed by atoms with Crippen LogP contribution in [0.15, 0.2) is 77.7 Å². The summed E-state index contributed by atoms with van der Waals surface area (Å²) in [4.78, 5) is 31.9. The van der Waals surface area contributed by atoms with Crippen LogP contribution in [0.5, 0.6) is 5.75 Å². The van der Waals surface area contributed by atoms with Gasteiger partial charge in [0, 0.05) is 28.4 Å². The highest BCUT2D eigenvalue weighted by Crippen LogP contribution is 2.45. The van der Waals surface area contributed by atoms with Crippen molar-refractivity contribution in [3.05, 3.63) is 83.7 Å². The summed E-state index contributed by atoms with van der Waals surface area (Å²) >= 11 is 1.15. The molecule has 1 aliphatic heterocycles. The number of benzene rings is 2. The monoisotopic (exact) mass is 635 g/mol. The van der Waals surface area contributed by atoms with Crippen molar-refractivity contribution in [1.82, 2.24) is 15.4 Å². The van der Waals surface area contributed by atoms with Gasteiger partial charge >= 0.3 is 6.36 Å². The number of rotatable bonds is 7. The van der Waals surface area contributed by atoms with E-state index in [1.807, 2.05) is 24.3 Å². The molecule has 0 bridgehead atoms. The van der Waals surface area contributed by atoms with Crippen LogP contribution in [0.4, 0.5) is 13.2 Å². The van der Waals surface area contributed by atoms with Gasteiger partial charge in [-0.25, -0.2) is 18.9 Å². The molecule has 226 valence electrons. The molecule has 1 saturated heterocycles. The number of carbonyl (C=O) groups is 2. The summed E-state index contributed by atoms with van der Waals surface area (Å²) in [5, 5.41) is 9.29. The van der Waals surface area contributed by atoms with Gasteiger partial charge in [-0.05, 0) is 36.2 Å². The van der Waals surface area contributed by atoms with E-state index in [0.29, 0.717) is 15.5 Å². The molecule has 5 rings (SSSR count). The minimum atomic E-state index is -5.04. The van der Waals surface area contributed by atoms with E-state index in [0.717, 1.165) is 39.5 Å². The summed E-state index contributed by atoms with van der Waals surface area (Å²) in [6.07, 6.45) is -3.04. The Hall–Kier alpha value is -4.21. The number of para-hydroxylation sites is 1. The quantitative estimate of drug-likeness (QED) is 0.213. The van der Waals surface area contributed by atoms with Crippen molar-refractivity contribution in [1.29, 1.82) is 0 Å². The zero-order chi connectivity index (χ0) is 30.8. The van der Waals surface area contributed by atoms with Crippen LogP contribution in [0.3, 0.4) is 0 Å². The minimum Gasteiger partial charge on any atom is -0.444 e. The number of nitrogens with zero attached hydrogens (tertiary/aromatic N) is 2. The summed E-state index contributed by atoms with van der Waals surface area (Å²) < 4.78 is 74.1. The van der Waals surface area contributed by atoms with Gasteiger partial charge in [-0.2, -0.15) is 0 Å². The number of carbonyl (C=O) groups excluding carboxylic acids is 2. The number of thiophene rings is 1. The van der Waals surface area contributed by atoms with Crippen LogP contribution in [-0.2, 0) is 19.4 Å². The number of oxazole rings is 1. The van der Waals surface area contributed by atoms with E-state index < -0.39 is 50.7 Å². The normalized spacial score (nSPS) is 18.6. The Morgan fingerprint density at radius 1 is 1.07 bits per heavy atom. The van der Waals surface area contributed by atoms with Crippen LogP contribution in [-0.4, -0.2) is 60.5 Å². The Balaban J connectivity index is 1.47. The molecule has 1 unspecified atom stereocenters. The molecule has 0 saturated carbocycles. The second-order valence-electron chi connectivity index (χ2n) is 9.72. The molecule has 15 heteroatoms. The maximum absolute atomic E-state index is 13.9. The van der Waals surface area contributed by atoms with Crippen molar-refractivity contribution in [3.8, 4) is 27.5 Å². The number of ether oxygens (including phenoxy) is 1. The van der Waals surface area contributed by atoms with Gasteiger partial charge in [0.15, 0.2) is 22.0 Å². The van der Waals surface area contributed by atoms with Crippen molar-refractivity contribution >= 4 is 33.0 Å². The number of hydroxylamine groups is 1. The number of aromatic nitrogens is 1. The summed E-state index contributed by atoms with van der Waals surface area (Å²) in [6, 6.07) is 15.4. The first-order valence-electron chi connectivity index (χ1n) is 12.8. The molecule has 4 aromatic rings. The molecule has 1 aliphatic rings. The van der Waals surface area contributed by atoms with Gasteiger partial charge in [0.2, 0.25) is 5.91 Å². The topological polar surface area (TPSA) is 139 Å². The van der Waals surface area contributed by atoms with Crippen LogP contribution >= 0.6 is 11.3 Å². The molecule has 0 radical (unpaired) electrons. The fourth-order valence-electron chi connectivity index (χ4n) is 4.99. The lowest BCUT2D eigenvalue weighted by molar-refractivity contribution is -0.274. The molecular formula is C28H24F3N3O7S2. The third kappa shape index (κ3) is 6.28. The van der Waals surface area contributed by atoms with Gasteiger partial charge in [-0.15, -0.1) is 24.5 Å². The Morgan fingerprint density at radius 2 is 1.79 bits per heavy atom. The van der Waals surface area contributed by atoms with Crippen LogP contribution in [0.2, 0.25) is 0 Å². The maximum atomic E-state index is 13.9. The SMILES string of the molecule is O=C(CC1(c2ccc(-c3ccc(-c4cnco4)cc3)s2)CCN(C(=O)c2ccccc2OC(F)(F)F)CCS1(=O)=O)NO. The standard InChI is InChI=1S/C28H24F3N3O7S2/c29-28(30,31)41-21-4-2-1-3-20(21)26(36)34-12-11-27(15-25(35)33-37,43(38,39)14-13-34)24-10-9-23(42-24)19-7-5-18(6-8-19)22-16-32-17-40-22/h1-10,16-17,37H,11-15H2,(H,33,35). The number of sulfone groups is 1. The molecule has 1 atom stereocenters. The Bertz CT molecular complexity index is 1720. The molecular weight excluding hydrogens is 611 g/mol. The van der Waals surface area contributed by atoms with Crippen molar-refractivity contribution in [2.45, 2.75) is 24.0 Å². The lowest BCUT2D eigenvalue weighted by atomic mass is 9.97. The lowest BCUT2D eigenvalue weighted by Crippen LogP contribution is -2.41. The van der Waals surface area contributed by atoms with E-state index in [9.17, 15) is 36.4 Å². The van der Waals surface area contributed by atoms with Gasteiger partial charge < -0.3 is 14.1 Å². The van der Waals surface area contributed by atoms with Gasteiger partial charge in [-0.1, -0.05) is 36.4 Å². The second kappa shape index (κ2) is 11.8. The molecule has 10 nitrogen and oxygen atoms in total. The summed E-state index contributed by atoms with van der Waals surface area (Å²) in [5.74, 6) is -2.51. The fraction of sp³-hybridized carbons (Fsp3) is 0.250. The first kappa shape index (κ1) is 30.3. The van der Waals surface area contributed by atoms with Crippen molar-refractivity contribution in [2.24, 2.45) is 0 Å². The second-order valence-corrected chi connectivity index (χ2v) is 13.2. The van der Waals surface area contributed by atoms with Crippen molar-refractivity contribution in [2.75, 3.05) is 18.8 Å². The van der Waals surface area contributed by atoms with E-state index >= 15 is 0 Å². The Labute approximate surface area is 247 Å². The number of hydrogen-bond acceptors (Lipinski definition) is 9. The molecule has 43 heavy (non-hydrogen) atoms. The molecule has 2 N–H and O–H groups in total. The molecule has 3 heterocycles. The van der Waals surface area contributed by atoms with Gasteiger partial charge in [0.05, 0.1) is 23.9 Å². The summed E-state index contributed by atoms with van der Waals surface area (Å²) in [7, 11) is -4.16. The van der Waals surface area contributed by atoms with Crippen molar-refractivity contribution < 1.29 is 45.5 Å². The third-order valence-electron chi connectivity index (χ3n) is 7.15. The zero-order valence-electron chi connectivity index (χ0n) is 22.2. The van der Waals surface area contributed by atoms with Crippen LogP contribution in [0.25, 0.3) is 21.8 Å². The predicted octanol–water partition coefficient (Wildman–Crippen LogP) is 5.02. The number of halogens is 3. The summed E-state index contributed by atoms with van der Waals surface area (Å²) in [5.41, 5.74) is 2.66. The zero-order valence-corrected chi connectivity index (χ0v) is 23.8. The Kier molecular flexibility index (Phi) is 8.31. The average Bonchev–Trinajstić information content (AvgIpc) is 3.67. The number of nitrogens with one attached hydrogen (secondary N) is 1. The van der Waals surface area contributed by atoms with Crippen LogP contribution in [0.1, 0.15) is 28.1 Å². The fourth-order valence-corrected chi connectivity index (χ4v) is 8.60. The highest BCUT2D eigenvalue weighted by atomic mass is 32.2. The minimum absolute atomic E-state index is 0.198. The molecule has 0 spiro atoms. The first-order chi connectivity index (χ1) is 20.4.